The highest BCUT2D eigenvalue weighted by Crippen LogP contribution is 2.32. The van der Waals surface area contributed by atoms with E-state index in [0.29, 0.717) is 12.0 Å². The van der Waals surface area contributed by atoms with E-state index in [4.69, 9.17) is 4.74 Å². The fourth-order valence-corrected chi connectivity index (χ4v) is 1.77. The maximum Gasteiger partial charge on any atom is 0.338 e. The molecule has 2 heteroatoms. The molecule has 2 nitrogen and oxygen atoms in total. The highest BCUT2D eigenvalue weighted by atomic mass is 16.5. The molecule has 0 unspecified atom stereocenters. The summed E-state index contributed by atoms with van der Waals surface area (Å²) in [6, 6.07) is 7.76. The van der Waals surface area contributed by atoms with Crippen molar-refractivity contribution < 1.29 is 9.53 Å². The van der Waals surface area contributed by atoms with Crippen LogP contribution in [0.2, 0.25) is 0 Å². The first-order chi connectivity index (χ1) is 7.24. The van der Waals surface area contributed by atoms with Gasteiger partial charge in [-0.2, -0.15) is 0 Å². The molecule has 1 aromatic rings. The van der Waals surface area contributed by atoms with Gasteiger partial charge in [0, 0.05) is 0 Å². The Balaban J connectivity index is 2.54. The van der Waals surface area contributed by atoms with Crippen molar-refractivity contribution >= 4 is 17.1 Å². The second-order valence-electron chi connectivity index (χ2n) is 3.46. The number of rotatable bonds is 1. The Kier molecular flexibility index (Phi) is 2.42. The van der Waals surface area contributed by atoms with Crippen LogP contribution in [0.1, 0.15) is 17.5 Å². The summed E-state index contributed by atoms with van der Waals surface area (Å²) in [5.74, 6) is -0.282. The summed E-state index contributed by atoms with van der Waals surface area (Å²) >= 11 is 0. The number of carbonyl (C=O) groups excluding carboxylic acids is 1. The number of benzene rings is 1. The number of esters is 1. The summed E-state index contributed by atoms with van der Waals surface area (Å²) in [6.45, 7) is 3.98. The van der Waals surface area contributed by atoms with Crippen LogP contribution < -0.4 is 0 Å². The maximum atomic E-state index is 11.5. The molecule has 0 aliphatic heterocycles. The molecule has 0 spiro atoms. The molecule has 1 aromatic carbocycles. The third-order valence-corrected chi connectivity index (χ3v) is 2.56. The molecule has 0 N–H and O–H groups in total. The van der Waals surface area contributed by atoms with Gasteiger partial charge in [0.05, 0.1) is 12.7 Å². The summed E-state index contributed by atoms with van der Waals surface area (Å²) in [6.07, 6.45) is 2.58. The minimum atomic E-state index is -0.282. The monoisotopic (exact) mass is 200 g/mol. The number of fused-ring (bicyclic) bond motifs is 1. The molecule has 0 fully saturated rings. The Bertz CT molecular complexity index is 455. The molecule has 0 bridgehead atoms. The average Bonchev–Trinajstić information content (AvgIpc) is 2.29. The Morgan fingerprint density at radius 3 is 2.67 bits per heavy atom. The molecule has 0 saturated heterocycles. The number of methoxy groups -OCH3 is 1. The van der Waals surface area contributed by atoms with E-state index in [1.807, 2.05) is 30.3 Å². The van der Waals surface area contributed by atoms with Crippen molar-refractivity contribution in [3.8, 4) is 0 Å². The van der Waals surface area contributed by atoms with Gasteiger partial charge >= 0.3 is 5.97 Å². The molecular weight excluding hydrogens is 188 g/mol. The van der Waals surface area contributed by atoms with Crippen LogP contribution in [-0.2, 0) is 9.53 Å². The summed E-state index contributed by atoms with van der Waals surface area (Å²) < 4.78 is 4.74. The largest absolute Gasteiger partial charge is 0.465 e. The van der Waals surface area contributed by atoms with Gasteiger partial charge in [0.15, 0.2) is 0 Å². The molecule has 1 aliphatic carbocycles. The fourth-order valence-electron chi connectivity index (χ4n) is 1.77. The molecule has 0 radical (unpaired) electrons. The number of hydrogen-bond acceptors (Lipinski definition) is 2. The van der Waals surface area contributed by atoms with Crippen LogP contribution in [0.15, 0.2) is 36.9 Å². The number of allylic oxidation sites excluding steroid dienone is 2. The third-order valence-electron chi connectivity index (χ3n) is 2.56. The lowest BCUT2D eigenvalue weighted by atomic mass is 9.88. The van der Waals surface area contributed by atoms with E-state index in [2.05, 4.69) is 6.58 Å². The summed E-state index contributed by atoms with van der Waals surface area (Å²) in [5.41, 5.74) is 3.64. The number of ether oxygens (including phenoxy) is 1. The Morgan fingerprint density at radius 1 is 1.33 bits per heavy atom. The van der Waals surface area contributed by atoms with Gasteiger partial charge in [0.2, 0.25) is 0 Å². The molecule has 2 rings (SSSR count). The molecule has 1 aliphatic rings. The zero-order valence-corrected chi connectivity index (χ0v) is 8.62. The van der Waals surface area contributed by atoms with Crippen LogP contribution >= 0.6 is 0 Å². The van der Waals surface area contributed by atoms with Gasteiger partial charge in [-0.15, -0.1) is 0 Å². The SMILES string of the molecule is C=C1CC=C(C(=O)OC)c2ccccc21. The molecule has 76 valence electrons. The minimum absolute atomic E-state index is 0.282. The zero-order valence-electron chi connectivity index (χ0n) is 8.62. The van der Waals surface area contributed by atoms with Gasteiger partial charge in [-0.3, -0.25) is 0 Å². The Morgan fingerprint density at radius 2 is 2.00 bits per heavy atom. The van der Waals surface area contributed by atoms with Gasteiger partial charge in [-0.05, 0) is 23.1 Å². The number of carbonyl (C=O) groups is 1. The van der Waals surface area contributed by atoms with Gasteiger partial charge in [0.1, 0.15) is 0 Å². The van der Waals surface area contributed by atoms with E-state index in [1.165, 1.54) is 7.11 Å². The molecular formula is C13H12O2. The van der Waals surface area contributed by atoms with Crippen molar-refractivity contribution in [2.75, 3.05) is 7.11 Å². The average molecular weight is 200 g/mol. The molecule has 0 heterocycles. The smallest absolute Gasteiger partial charge is 0.338 e. The first-order valence-corrected chi connectivity index (χ1v) is 4.80. The predicted octanol–water partition coefficient (Wildman–Crippen LogP) is 2.66. The van der Waals surface area contributed by atoms with Crippen LogP contribution in [0.5, 0.6) is 0 Å². The summed E-state index contributed by atoms with van der Waals surface area (Å²) in [5, 5.41) is 0. The topological polar surface area (TPSA) is 26.3 Å². The highest BCUT2D eigenvalue weighted by molar-refractivity contribution is 6.18. The van der Waals surface area contributed by atoms with Crippen LogP contribution in [0.25, 0.3) is 11.1 Å². The minimum Gasteiger partial charge on any atom is -0.465 e. The van der Waals surface area contributed by atoms with E-state index in [9.17, 15) is 4.79 Å². The van der Waals surface area contributed by atoms with Crippen LogP contribution in [-0.4, -0.2) is 13.1 Å². The van der Waals surface area contributed by atoms with E-state index in [1.54, 1.807) is 0 Å². The molecule has 15 heavy (non-hydrogen) atoms. The second kappa shape index (κ2) is 3.73. The van der Waals surface area contributed by atoms with Crippen LogP contribution in [0.4, 0.5) is 0 Å². The highest BCUT2D eigenvalue weighted by Gasteiger charge is 2.20. The van der Waals surface area contributed by atoms with Crippen molar-refractivity contribution in [2.45, 2.75) is 6.42 Å². The van der Waals surface area contributed by atoms with Crippen LogP contribution in [0, 0.1) is 0 Å². The maximum absolute atomic E-state index is 11.5. The second-order valence-corrected chi connectivity index (χ2v) is 3.46. The third kappa shape index (κ3) is 1.59. The molecule has 0 aromatic heterocycles. The van der Waals surface area contributed by atoms with E-state index in [0.717, 1.165) is 16.7 Å². The first kappa shape index (κ1) is 9.71. The van der Waals surface area contributed by atoms with E-state index < -0.39 is 0 Å². The van der Waals surface area contributed by atoms with Crippen molar-refractivity contribution in [3.63, 3.8) is 0 Å². The van der Waals surface area contributed by atoms with Crippen molar-refractivity contribution in [2.24, 2.45) is 0 Å². The van der Waals surface area contributed by atoms with Gasteiger partial charge in [-0.25, -0.2) is 4.79 Å². The Hall–Kier alpha value is -1.83. The quantitative estimate of drug-likeness (QED) is 0.651. The lowest BCUT2D eigenvalue weighted by molar-refractivity contribution is -0.133. The van der Waals surface area contributed by atoms with E-state index >= 15 is 0 Å². The normalized spacial score (nSPS) is 14.2. The first-order valence-electron chi connectivity index (χ1n) is 4.80. The van der Waals surface area contributed by atoms with Gasteiger partial charge in [0.25, 0.3) is 0 Å². The molecule has 0 amide bonds. The van der Waals surface area contributed by atoms with Crippen LogP contribution in [0.3, 0.4) is 0 Å². The number of hydrogen-bond donors (Lipinski definition) is 0. The van der Waals surface area contributed by atoms with Crippen molar-refractivity contribution in [1.82, 2.24) is 0 Å². The molecule has 0 atom stereocenters. The van der Waals surface area contributed by atoms with Gasteiger partial charge < -0.3 is 4.74 Å². The lowest BCUT2D eigenvalue weighted by Crippen LogP contribution is -2.08. The van der Waals surface area contributed by atoms with Crippen molar-refractivity contribution in [1.29, 1.82) is 0 Å². The summed E-state index contributed by atoms with van der Waals surface area (Å²) in [7, 11) is 1.40. The predicted molar refractivity (Wildman–Crippen MR) is 60.1 cm³/mol. The summed E-state index contributed by atoms with van der Waals surface area (Å²) in [4.78, 5) is 11.5. The standard InChI is InChI=1S/C13H12O2/c1-9-7-8-12(13(14)15-2)11-6-4-3-5-10(9)11/h3-6,8H,1,7H2,2H3. The zero-order chi connectivity index (χ0) is 10.8. The van der Waals surface area contributed by atoms with Crippen molar-refractivity contribution in [3.05, 3.63) is 48.0 Å². The molecule has 0 saturated carbocycles. The lowest BCUT2D eigenvalue weighted by Gasteiger charge is -2.17. The van der Waals surface area contributed by atoms with Gasteiger partial charge in [-0.1, -0.05) is 36.9 Å². The Labute approximate surface area is 88.9 Å². The fraction of sp³-hybridized carbons (Fsp3) is 0.154. The van der Waals surface area contributed by atoms with E-state index in [-0.39, 0.29) is 5.97 Å².